The van der Waals surface area contributed by atoms with Gasteiger partial charge in [0.15, 0.2) is 5.69 Å². The SMILES string of the molecule is COC(C)Cn1nnc(C(=O)O)c1-c1ccc(Cl)cc1. The summed E-state index contributed by atoms with van der Waals surface area (Å²) in [5.74, 6) is -1.12. The van der Waals surface area contributed by atoms with E-state index in [0.717, 1.165) is 0 Å². The van der Waals surface area contributed by atoms with Gasteiger partial charge in [0.25, 0.3) is 0 Å². The first-order chi connectivity index (χ1) is 9.52. The van der Waals surface area contributed by atoms with Crippen molar-refractivity contribution in [3.05, 3.63) is 35.0 Å². The number of rotatable bonds is 5. The van der Waals surface area contributed by atoms with E-state index in [4.69, 9.17) is 16.3 Å². The molecule has 106 valence electrons. The molecule has 0 aliphatic rings. The second-order valence-corrected chi connectivity index (χ2v) is 4.76. The molecule has 20 heavy (non-hydrogen) atoms. The van der Waals surface area contributed by atoms with Crippen molar-refractivity contribution in [3.63, 3.8) is 0 Å². The molecule has 0 radical (unpaired) electrons. The number of methoxy groups -OCH3 is 1. The van der Waals surface area contributed by atoms with Crippen molar-refractivity contribution in [2.45, 2.75) is 19.6 Å². The summed E-state index contributed by atoms with van der Waals surface area (Å²) in [5.41, 5.74) is 1.05. The normalized spacial score (nSPS) is 12.3. The van der Waals surface area contributed by atoms with Gasteiger partial charge in [-0.15, -0.1) is 5.10 Å². The van der Waals surface area contributed by atoms with Crippen LogP contribution in [0.25, 0.3) is 11.3 Å². The van der Waals surface area contributed by atoms with E-state index in [0.29, 0.717) is 22.8 Å². The largest absolute Gasteiger partial charge is 0.476 e. The second kappa shape index (κ2) is 6.02. The van der Waals surface area contributed by atoms with Crippen molar-refractivity contribution in [1.29, 1.82) is 0 Å². The highest BCUT2D eigenvalue weighted by molar-refractivity contribution is 6.30. The van der Waals surface area contributed by atoms with E-state index in [1.807, 2.05) is 6.92 Å². The van der Waals surface area contributed by atoms with E-state index in [9.17, 15) is 9.90 Å². The zero-order valence-electron chi connectivity index (χ0n) is 11.1. The minimum Gasteiger partial charge on any atom is -0.476 e. The molecule has 2 aromatic rings. The Kier molecular flexibility index (Phi) is 4.36. The van der Waals surface area contributed by atoms with Crippen LogP contribution < -0.4 is 0 Å². The lowest BCUT2D eigenvalue weighted by Crippen LogP contribution is -2.17. The van der Waals surface area contributed by atoms with Crippen LogP contribution in [0.3, 0.4) is 0 Å². The number of hydrogen-bond acceptors (Lipinski definition) is 4. The predicted octanol–water partition coefficient (Wildman–Crippen LogP) is 2.33. The molecule has 6 nitrogen and oxygen atoms in total. The van der Waals surface area contributed by atoms with Crippen molar-refractivity contribution in [3.8, 4) is 11.3 Å². The fourth-order valence-corrected chi connectivity index (χ4v) is 1.92. The van der Waals surface area contributed by atoms with Crippen LogP contribution in [0.2, 0.25) is 5.02 Å². The highest BCUT2D eigenvalue weighted by Gasteiger charge is 2.21. The maximum absolute atomic E-state index is 11.3. The lowest BCUT2D eigenvalue weighted by Gasteiger charge is -2.12. The molecule has 1 heterocycles. The summed E-state index contributed by atoms with van der Waals surface area (Å²) >= 11 is 5.85. The zero-order chi connectivity index (χ0) is 14.7. The van der Waals surface area contributed by atoms with Crippen molar-refractivity contribution < 1.29 is 14.6 Å². The molecule has 1 unspecified atom stereocenters. The van der Waals surface area contributed by atoms with Crippen LogP contribution in [0.4, 0.5) is 0 Å². The summed E-state index contributed by atoms with van der Waals surface area (Å²) in [6, 6.07) is 6.86. The average molecular weight is 296 g/mol. The third kappa shape index (κ3) is 2.97. The predicted molar refractivity (Wildman–Crippen MR) is 73.9 cm³/mol. The number of halogens is 1. The molecule has 2 rings (SSSR count). The van der Waals surface area contributed by atoms with Crippen LogP contribution in [0.5, 0.6) is 0 Å². The van der Waals surface area contributed by atoms with Crippen molar-refractivity contribution in [2.75, 3.05) is 7.11 Å². The van der Waals surface area contributed by atoms with Gasteiger partial charge >= 0.3 is 5.97 Å². The third-order valence-corrected chi connectivity index (χ3v) is 3.14. The standard InChI is InChI=1S/C13H14ClN3O3/c1-8(20-2)7-17-12(11(13(18)19)15-16-17)9-3-5-10(14)6-4-9/h3-6,8H,7H2,1-2H3,(H,18,19). The van der Waals surface area contributed by atoms with Gasteiger partial charge in [-0.3, -0.25) is 0 Å². The topological polar surface area (TPSA) is 77.2 Å². The number of carboxylic acid groups (broad SMARTS) is 1. The molecule has 1 aromatic heterocycles. The van der Waals surface area contributed by atoms with Gasteiger partial charge < -0.3 is 9.84 Å². The molecular weight excluding hydrogens is 282 g/mol. The highest BCUT2D eigenvalue weighted by Crippen LogP contribution is 2.24. The molecule has 1 aromatic carbocycles. The smallest absolute Gasteiger partial charge is 0.358 e. The minimum absolute atomic E-state index is 0.0874. The Morgan fingerprint density at radius 1 is 1.45 bits per heavy atom. The van der Waals surface area contributed by atoms with Crippen LogP contribution >= 0.6 is 11.6 Å². The Labute approximate surface area is 120 Å². The van der Waals surface area contributed by atoms with Gasteiger partial charge in [-0.05, 0) is 19.1 Å². The molecule has 0 aliphatic heterocycles. The Morgan fingerprint density at radius 2 is 2.10 bits per heavy atom. The first-order valence-corrected chi connectivity index (χ1v) is 6.36. The van der Waals surface area contributed by atoms with Gasteiger partial charge in [-0.2, -0.15) is 0 Å². The lowest BCUT2D eigenvalue weighted by molar-refractivity contribution is 0.0691. The van der Waals surface area contributed by atoms with Gasteiger partial charge in [-0.1, -0.05) is 28.9 Å². The monoisotopic (exact) mass is 295 g/mol. The van der Waals surface area contributed by atoms with Crippen molar-refractivity contribution in [1.82, 2.24) is 15.0 Å². The van der Waals surface area contributed by atoms with E-state index in [1.165, 1.54) is 4.68 Å². The number of benzene rings is 1. The molecule has 0 aliphatic carbocycles. The Morgan fingerprint density at radius 3 is 2.65 bits per heavy atom. The number of carboxylic acids is 1. The number of carbonyl (C=O) groups is 1. The number of ether oxygens (including phenoxy) is 1. The Hall–Kier alpha value is -1.92. The van der Waals surface area contributed by atoms with E-state index in [1.54, 1.807) is 31.4 Å². The molecule has 1 N–H and O–H groups in total. The fourth-order valence-electron chi connectivity index (χ4n) is 1.80. The number of aromatic carboxylic acids is 1. The summed E-state index contributed by atoms with van der Waals surface area (Å²) in [6.45, 7) is 2.28. The molecule has 0 fully saturated rings. The lowest BCUT2D eigenvalue weighted by atomic mass is 10.1. The first-order valence-electron chi connectivity index (χ1n) is 5.98. The molecular formula is C13H14ClN3O3. The van der Waals surface area contributed by atoms with Crippen LogP contribution in [-0.2, 0) is 11.3 Å². The fraction of sp³-hybridized carbons (Fsp3) is 0.308. The van der Waals surface area contributed by atoms with E-state index >= 15 is 0 Å². The van der Waals surface area contributed by atoms with Crippen LogP contribution in [0, 0.1) is 0 Å². The molecule has 0 spiro atoms. The molecule has 0 saturated carbocycles. The molecule has 0 saturated heterocycles. The third-order valence-electron chi connectivity index (χ3n) is 2.89. The molecule has 0 bridgehead atoms. The van der Waals surface area contributed by atoms with Gasteiger partial charge in [-0.25, -0.2) is 9.48 Å². The summed E-state index contributed by atoms with van der Waals surface area (Å²) in [4.78, 5) is 11.3. The summed E-state index contributed by atoms with van der Waals surface area (Å²) in [7, 11) is 1.58. The van der Waals surface area contributed by atoms with Crippen LogP contribution in [-0.4, -0.2) is 39.3 Å². The van der Waals surface area contributed by atoms with Crippen molar-refractivity contribution >= 4 is 17.6 Å². The highest BCUT2D eigenvalue weighted by atomic mass is 35.5. The maximum atomic E-state index is 11.3. The van der Waals surface area contributed by atoms with Gasteiger partial charge in [0.1, 0.15) is 5.69 Å². The number of hydrogen-bond donors (Lipinski definition) is 1. The molecule has 0 amide bonds. The Bertz CT molecular complexity index is 610. The quantitative estimate of drug-likeness (QED) is 0.916. The van der Waals surface area contributed by atoms with E-state index in [2.05, 4.69) is 10.3 Å². The second-order valence-electron chi connectivity index (χ2n) is 4.33. The number of nitrogens with zero attached hydrogens (tertiary/aromatic N) is 3. The first kappa shape index (κ1) is 14.5. The van der Waals surface area contributed by atoms with Crippen LogP contribution in [0.1, 0.15) is 17.4 Å². The van der Waals surface area contributed by atoms with E-state index in [-0.39, 0.29) is 11.8 Å². The average Bonchev–Trinajstić information content (AvgIpc) is 2.83. The molecule has 7 heteroatoms. The summed E-state index contributed by atoms with van der Waals surface area (Å²) < 4.78 is 6.71. The van der Waals surface area contributed by atoms with Gasteiger partial charge in [0, 0.05) is 17.7 Å². The Balaban J connectivity index is 2.49. The van der Waals surface area contributed by atoms with Gasteiger partial charge in [0.2, 0.25) is 0 Å². The van der Waals surface area contributed by atoms with E-state index < -0.39 is 5.97 Å². The molecule has 1 atom stereocenters. The maximum Gasteiger partial charge on any atom is 0.358 e. The van der Waals surface area contributed by atoms with Gasteiger partial charge in [0.05, 0.1) is 12.6 Å². The summed E-state index contributed by atoms with van der Waals surface area (Å²) in [6.07, 6.45) is -0.107. The zero-order valence-corrected chi connectivity index (χ0v) is 11.8. The summed E-state index contributed by atoms with van der Waals surface area (Å²) in [5, 5.41) is 17.4. The minimum atomic E-state index is -1.12. The number of aromatic nitrogens is 3. The van der Waals surface area contributed by atoms with Crippen LogP contribution in [0.15, 0.2) is 24.3 Å². The van der Waals surface area contributed by atoms with Crippen molar-refractivity contribution in [2.24, 2.45) is 0 Å².